The predicted octanol–water partition coefficient (Wildman–Crippen LogP) is 2.11. The predicted molar refractivity (Wildman–Crippen MR) is 79.9 cm³/mol. The Balaban J connectivity index is 1.80. The van der Waals surface area contributed by atoms with E-state index in [1.807, 2.05) is 13.8 Å². The van der Waals surface area contributed by atoms with E-state index in [1.54, 1.807) is 23.1 Å². The minimum Gasteiger partial charge on any atom is -0.448 e. The molecule has 0 radical (unpaired) electrons. The van der Waals surface area contributed by atoms with Crippen LogP contribution in [0.5, 0.6) is 0 Å². The molecule has 1 aliphatic heterocycles. The molecular weight excluding hydrogens is 287 g/mol. The van der Waals surface area contributed by atoms with E-state index < -0.39 is 5.54 Å². The summed E-state index contributed by atoms with van der Waals surface area (Å²) in [6, 6.07) is 6.43. The van der Waals surface area contributed by atoms with Gasteiger partial charge in [-0.2, -0.15) is 0 Å². The third-order valence-electron chi connectivity index (χ3n) is 3.79. The first-order valence-corrected chi connectivity index (χ1v) is 7.35. The zero-order valence-electron chi connectivity index (χ0n) is 12.9. The van der Waals surface area contributed by atoms with E-state index >= 15 is 0 Å². The van der Waals surface area contributed by atoms with Crippen LogP contribution in [0.3, 0.4) is 0 Å². The molecule has 0 saturated carbocycles. The highest BCUT2D eigenvalue weighted by Crippen LogP contribution is 2.18. The fraction of sp³-hybridized carbons (Fsp3) is 0.500. The number of nitrogens with one attached hydrogen (secondary N) is 1. The third-order valence-corrected chi connectivity index (χ3v) is 3.79. The Bertz CT molecular complexity index is 560. The van der Waals surface area contributed by atoms with E-state index in [2.05, 4.69) is 5.32 Å². The Morgan fingerprint density at radius 1 is 1.41 bits per heavy atom. The van der Waals surface area contributed by atoms with Crippen LogP contribution in [0.4, 0.5) is 9.18 Å². The second-order valence-corrected chi connectivity index (χ2v) is 5.95. The van der Waals surface area contributed by atoms with Crippen LogP contribution in [0.1, 0.15) is 25.8 Å². The lowest BCUT2D eigenvalue weighted by Crippen LogP contribution is -2.52. The first-order chi connectivity index (χ1) is 10.4. The molecule has 0 aliphatic carbocycles. The monoisotopic (exact) mass is 308 g/mol. The largest absolute Gasteiger partial charge is 0.448 e. The lowest BCUT2D eigenvalue weighted by atomic mass is 10.0. The molecule has 0 spiro atoms. The van der Waals surface area contributed by atoms with Crippen molar-refractivity contribution >= 4 is 12.0 Å². The fourth-order valence-electron chi connectivity index (χ4n) is 2.39. The number of aryl methyl sites for hydroxylation is 1. The van der Waals surface area contributed by atoms with Crippen LogP contribution in [0, 0.1) is 5.82 Å². The maximum Gasteiger partial charge on any atom is 0.410 e. The molecule has 0 unspecified atom stereocenters. The summed E-state index contributed by atoms with van der Waals surface area (Å²) in [6.07, 6.45) is 0.206. The van der Waals surface area contributed by atoms with E-state index in [0.29, 0.717) is 31.7 Å². The molecule has 1 heterocycles. The number of ether oxygens (including phenoxy) is 1. The Kier molecular flexibility index (Phi) is 5.00. The summed E-state index contributed by atoms with van der Waals surface area (Å²) in [6.45, 7) is 4.98. The van der Waals surface area contributed by atoms with Crippen molar-refractivity contribution in [3.8, 4) is 0 Å². The molecule has 0 aromatic heterocycles. The minimum absolute atomic E-state index is 0.163. The number of carbonyl (C=O) groups is 2. The highest BCUT2D eigenvalue weighted by molar-refractivity contribution is 5.76. The molecule has 5 nitrogen and oxygen atoms in total. The van der Waals surface area contributed by atoms with Gasteiger partial charge in [0.05, 0.1) is 12.1 Å². The number of benzene rings is 1. The summed E-state index contributed by atoms with van der Waals surface area (Å²) in [7, 11) is 0. The molecular formula is C16H21FN2O3. The van der Waals surface area contributed by atoms with Crippen molar-refractivity contribution in [2.24, 2.45) is 0 Å². The molecule has 120 valence electrons. The van der Waals surface area contributed by atoms with Crippen molar-refractivity contribution in [1.82, 2.24) is 10.2 Å². The number of hydrogen-bond donors (Lipinski definition) is 1. The van der Waals surface area contributed by atoms with E-state index in [1.165, 1.54) is 6.07 Å². The highest BCUT2D eigenvalue weighted by Gasteiger charge is 2.35. The summed E-state index contributed by atoms with van der Waals surface area (Å²) in [4.78, 5) is 25.1. The van der Waals surface area contributed by atoms with Gasteiger partial charge in [-0.25, -0.2) is 9.18 Å². The van der Waals surface area contributed by atoms with Gasteiger partial charge in [-0.1, -0.05) is 18.2 Å². The van der Waals surface area contributed by atoms with E-state index in [4.69, 9.17) is 4.74 Å². The van der Waals surface area contributed by atoms with Crippen LogP contribution in [-0.4, -0.2) is 42.1 Å². The van der Waals surface area contributed by atoms with Crippen LogP contribution in [0.15, 0.2) is 24.3 Å². The van der Waals surface area contributed by atoms with Crippen LogP contribution in [-0.2, 0) is 16.0 Å². The van der Waals surface area contributed by atoms with E-state index in [9.17, 15) is 14.0 Å². The molecule has 1 aliphatic rings. The smallest absolute Gasteiger partial charge is 0.410 e. The van der Waals surface area contributed by atoms with Gasteiger partial charge < -0.3 is 10.1 Å². The van der Waals surface area contributed by atoms with Crippen LogP contribution < -0.4 is 5.32 Å². The second kappa shape index (κ2) is 6.77. The van der Waals surface area contributed by atoms with Crippen LogP contribution >= 0.6 is 0 Å². The summed E-state index contributed by atoms with van der Waals surface area (Å²) in [5, 5.41) is 2.80. The van der Waals surface area contributed by atoms with Crippen molar-refractivity contribution in [2.45, 2.75) is 32.2 Å². The minimum atomic E-state index is -0.513. The number of cyclic esters (lactones) is 1. The molecule has 22 heavy (non-hydrogen) atoms. The first kappa shape index (κ1) is 16.3. The lowest BCUT2D eigenvalue weighted by molar-refractivity contribution is -0.121. The Morgan fingerprint density at radius 2 is 2.14 bits per heavy atom. The number of halogens is 1. The molecule has 1 saturated heterocycles. The maximum absolute atomic E-state index is 13.5. The standard InChI is InChI=1S/C16H21FN2O3/c1-16(2,19-9-10-22-15(19)21)11-18-14(20)8-7-12-5-3-4-6-13(12)17/h3-6H,7-11H2,1-2H3,(H,18,20). The van der Waals surface area contributed by atoms with Gasteiger partial charge in [0.1, 0.15) is 12.4 Å². The summed E-state index contributed by atoms with van der Waals surface area (Å²) in [5.74, 6) is -0.459. The second-order valence-electron chi connectivity index (χ2n) is 5.95. The maximum atomic E-state index is 13.5. The topological polar surface area (TPSA) is 58.6 Å². The van der Waals surface area contributed by atoms with Crippen LogP contribution in [0.25, 0.3) is 0 Å². The van der Waals surface area contributed by atoms with Gasteiger partial charge in [0, 0.05) is 13.0 Å². The molecule has 6 heteroatoms. The highest BCUT2D eigenvalue weighted by atomic mass is 19.1. The van der Waals surface area contributed by atoms with Crippen molar-refractivity contribution < 1.29 is 18.7 Å². The van der Waals surface area contributed by atoms with Crippen molar-refractivity contribution in [3.05, 3.63) is 35.6 Å². The Labute approximate surface area is 129 Å². The SMILES string of the molecule is CC(C)(CNC(=O)CCc1ccccc1F)N1CCOC1=O. The van der Waals surface area contributed by atoms with Crippen molar-refractivity contribution in [2.75, 3.05) is 19.7 Å². The average Bonchev–Trinajstić information content (AvgIpc) is 2.91. The molecule has 0 atom stereocenters. The fourth-order valence-corrected chi connectivity index (χ4v) is 2.39. The van der Waals surface area contributed by atoms with Gasteiger partial charge in [-0.15, -0.1) is 0 Å². The Morgan fingerprint density at radius 3 is 2.77 bits per heavy atom. The third kappa shape index (κ3) is 3.96. The molecule has 2 rings (SSSR count). The zero-order valence-corrected chi connectivity index (χ0v) is 12.9. The van der Waals surface area contributed by atoms with Crippen LogP contribution in [0.2, 0.25) is 0 Å². The average molecular weight is 308 g/mol. The van der Waals surface area contributed by atoms with Gasteiger partial charge in [-0.05, 0) is 31.9 Å². The number of nitrogens with zero attached hydrogens (tertiary/aromatic N) is 1. The number of hydrogen-bond acceptors (Lipinski definition) is 3. The van der Waals surface area contributed by atoms with Gasteiger partial charge in [0.15, 0.2) is 0 Å². The van der Waals surface area contributed by atoms with E-state index in [-0.39, 0.29) is 24.2 Å². The number of amides is 2. The summed E-state index contributed by atoms with van der Waals surface area (Å²) < 4.78 is 18.4. The lowest BCUT2D eigenvalue weighted by Gasteiger charge is -2.33. The number of carbonyl (C=O) groups excluding carboxylic acids is 2. The zero-order chi connectivity index (χ0) is 16.2. The summed E-state index contributed by atoms with van der Waals surface area (Å²) in [5.41, 5.74) is 0.0151. The van der Waals surface area contributed by atoms with Crippen molar-refractivity contribution in [3.63, 3.8) is 0 Å². The van der Waals surface area contributed by atoms with Gasteiger partial charge in [0.2, 0.25) is 5.91 Å². The molecule has 1 fully saturated rings. The Hall–Kier alpha value is -2.11. The molecule has 0 bridgehead atoms. The van der Waals surface area contributed by atoms with Gasteiger partial charge in [0.25, 0.3) is 0 Å². The molecule has 1 N–H and O–H groups in total. The molecule has 2 amide bonds. The van der Waals surface area contributed by atoms with E-state index in [0.717, 1.165) is 0 Å². The molecule has 1 aromatic rings. The van der Waals surface area contributed by atoms with Gasteiger partial charge >= 0.3 is 6.09 Å². The number of rotatable bonds is 6. The molecule has 1 aromatic carbocycles. The quantitative estimate of drug-likeness (QED) is 0.875. The van der Waals surface area contributed by atoms with Gasteiger partial charge in [-0.3, -0.25) is 9.69 Å². The normalized spacial score (nSPS) is 14.9. The first-order valence-electron chi connectivity index (χ1n) is 7.35. The summed E-state index contributed by atoms with van der Waals surface area (Å²) >= 11 is 0. The van der Waals surface area contributed by atoms with Crippen molar-refractivity contribution in [1.29, 1.82) is 0 Å².